The molecule has 6 nitrogen and oxygen atoms in total. The molecular weight excluding hydrogens is 316 g/mol. The van der Waals surface area contributed by atoms with E-state index in [1.54, 1.807) is 29.2 Å². The molecule has 1 aliphatic heterocycles. The van der Waals surface area contributed by atoms with Crippen molar-refractivity contribution in [3.63, 3.8) is 0 Å². The maximum atomic E-state index is 11.6. The zero-order valence-corrected chi connectivity index (χ0v) is 14.1. The number of nitrogen functional groups attached to an aromatic ring is 1. The van der Waals surface area contributed by atoms with Crippen LogP contribution in [0.2, 0.25) is 0 Å². The fourth-order valence-corrected chi connectivity index (χ4v) is 3.17. The zero-order valence-electron chi connectivity index (χ0n) is 14.1. The molecule has 3 rings (SSSR count). The van der Waals surface area contributed by atoms with E-state index in [-0.39, 0.29) is 17.6 Å². The van der Waals surface area contributed by atoms with E-state index < -0.39 is 0 Å². The number of benzene rings is 1. The average Bonchev–Trinajstić information content (AvgIpc) is 2.81. The number of phenols is 1. The SMILES string of the molecule is C=CC(=O)N1CC(c2[nH]c(N)c(/C=C(\N)c3ccccc3O)c2C)C1. The third-order valence-corrected chi connectivity index (χ3v) is 4.66. The largest absolute Gasteiger partial charge is 0.507 e. The topological polar surface area (TPSA) is 108 Å². The molecule has 25 heavy (non-hydrogen) atoms. The summed E-state index contributed by atoms with van der Waals surface area (Å²) < 4.78 is 0. The van der Waals surface area contributed by atoms with Crippen LogP contribution < -0.4 is 11.5 Å². The Bertz CT molecular complexity index is 860. The molecule has 0 aliphatic carbocycles. The Kier molecular flexibility index (Phi) is 4.27. The molecule has 0 bridgehead atoms. The Labute approximate surface area is 146 Å². The lowest BCUT2D eigenvalue weighted by molar-refractivity contribution is -0.130. The van der Waals surface area contributed by atoms with Gasteiger partial charge in [0.25, 0.3) is 0 Å². The molecule has 0 saturated carbocycles. The maximum Gasteiger partial charge on any atom is 0.245 e. The van der Waals surface area contributed by atoms with Gasteiger partial charge in [0.05, 0.1) is 0 Å². The normalized spacial score (nSPS) is 15.1. The molecule has 1 aromatic carbocycles. The van der Waals surface area contributed by atoms with Crippen molar-refractivity contribution in [2.75, 3.05) is 18.8 Å². The molecule has 1 fully saturated rings. The van der Waals surface area contributed by atoms with E-state index in [2.05, 4.69) is 11.6 Å². The number of H-pyrrole nitrogens is 1. The summed E-state index contributed by atoms with van der Waals surface area (Å²) in [6.07, 6.45) is 3.10. The van der Waals surface area contributed by atoms with Crippen molar-refractivity contribution < 1.29 is 9.90 Å². The lowest BCUT2D eigenvalue weighted by Crippen LogP contribution is -2.48. The third kappa shape index (κ3) is 2.98. The van der Waals surface area contributed by atoms with E-state index in [0.717, 1.165) is 16.8 Å². The van der Waals surface area contributed by atoms with E-state index >= 15 is 0 Å². The minimum Gasteiger partial charge on any atom is -0.507 e. The van der Waals surface area contributed by atoms with Crippen LogP contribution in [0.5, 0.6) is 5.75 Å². The number of amides is 1. The number of rotatable bonds is 4. The number of hydrogen-bond donors (Lipinski definition) is 4. The molecule has 1 aromatic heterocycles. The number of hydrogen-bond acceptors (Lipinski definition) is 4. The molecule has 1 saturated heterocycles. The zero-order chi connectivity index (χ0) is 18.1. The van der Waals surface area contributed by atoms with Gasteiger partial charge in [0.15, 0.2) is 0 Å². The molecule has 130 valence electrons. The van der Waals surface area contributed by atoms with Crippen molar-refractivity contribution >= 4 is 23.5 Å². The summed E-state index contributed by atoms with van der Waals surface area (Å²) in [6, 6.07) is 6.90. The fourth-order valence-electron chi connectivity index (χ4n) is 3.17. The van der Waals surface area contributed by atoms with Crippen molar-refractivity contribution in [2.45, 2.75) is 12.8 Å². The second-order valence-corrected chi connectivity index (χ2v) is 6.25. The van der Waals surface area contributed by atoms with Crippen molar-refractivity contribution in [2.24, 2.45) is 5.73 Å². The molecule has 1 aliphatic rings. The van der Waals surface area contributed by atoms with E-state index in [4.69, 9.17) is 11.5 Å². The van der Waals surface area contributed by atoms with Crippen LogP contribution >= 0.6 is 0 Å². The quantitative estimate of drug-likeness (QED) is 0.641. The summed E-state index contributed by atoms with van der Waals surface area (Å²) in [5, 5.41) is 9.94. The molecule has 2 aromatic rings. The molecule has 2 heterocycles. The van der Waals surface area contributed by atoms with Gasteiger partial charge in [-0.05, 0) is 36.8 Å². The molecule has 0 atom stereocenters. The van der Waals surface area contributed by atoms with E-state index in [0.29, 0.717) is 30.2 Å². The number of aromatic nitrogens is 1. The molecule has 0 spiro atoms. The lowest BCUT2D eigenvalue weighted by Gasteiger charge is -2.38. The van der Waals surface area contributed by atoms with Crippen LogP contribution in [0.3, 0.4) is 0 Å². The molecule has 6 N–H and O–H groups in total. The molecule has 0 unspecified atom stereocenters. The predicted molar refractivity (Wildman–Crippen MR) is 99.6 cm³/mol. The van der Waals surface area contributed by atoms with Gasteiger partial charge in [0, 0.05) is 41.5 Å². The van der Waals surface area contributed by atoms with Crippen LogP contribution in [0.15, 0.2) is 36.9 Å². The van der Waals surface area contributed by atoms with E-state index in [1.165, 1.54) is 6.08 Å². The Morgan fingerprint density at radius 2 is 2.08 bits per heavy atom. The van der Waals surface area contributed by atoms with Crippen LogP contribution in [0, 0.1) is 6.92 Å². The number of anilines is 1. The standard InChI is InChI=1S/C19H22N4O2/c1-3-17(25)23-9-12(10-23)18-11(2)14(19(21)22-18)8-15(20)13-6-4-5-7-16(13)24/h3-8,12,22,24H,1,9-10,20-21H2,2H3/b15-8-. The number of para-hydroxylation sites is 1. The summed E-state index contributed by atoms with van der Waals surface area (Å²) in [4.78, 5) is 16.5. The van der Waals surface area contributed by atoms with Gasteiger partial charge in [-0.2, -0.15) is 0 Å². The minimum absolute atomic E-state index is 0.0580. The highest BCUT2D eigenvalue weighted by molar-refractivity contribution is 5.88. The Morgan fingerprint density at radius 1 is 1.40 bits per heavy atom. The fraction of sp³-hybridized carbons (Fsp3) is 0.211. The van der Waals surface area contributed by atoms with Gasteiger partial charge in [-0.3, -0.25) is 4.79 Å². The van der Waals surface area contributed by atoms with Crippen molar-refractivity contribution in [3.8, 4) is 5.75 Å². The van der Waals surface area contributed by atoms with Gasteiger partial charge in [-0.15, -0.1) is 0 Å². The first kappa shape index (κ1) is 16.7. The first-order chi connectivity index (χ1) is 11.9. The second-order valence-electron chi connectivity index (χ2n) is 6.25. The first-order valence-electron chi connectivity index (χ1n) is 8.07. The number of nitrogens with one attached hydrogen (secondary N) is 1. The number of likely N-dealkylation sites (tertiary alicyclic amines) is 1. The van der Waals surface area contributed by atoms with Gasteiger partial charge < -0.3 is 26.5 Å². The van der Waals surface area contributed by atoms with Crippen molar-refractivity contribution in [1.82, 2.24) is 9.88 Å². The Balaban J connectivity index is 1.86. The van der Waals surface area contributed by atoms with Crippen molar-refractivity contribution in [3.05, 3.63) is 59.3 Å². The van der Waals surface area contributed by atoms with Gasteiger partial charge in [-0.1, -0.05) is 18.7 Å². The molecule has 0 radical (unpaired) electrons. The Hall–Kier alpha value is -3.15. The molecule has 1 amide bonds. The predicted octanol–water partition coefficient (Wildman–Crippen LogP) is 2.18. The van der Waals surface area contributed by atoms with Gasteiger partial charge in [-0.25, -0.2) is 0 Å². The molecular formula is C19H22N4O2. The number of nitrogens with zero attached hydrogens (tertiary/aromatic N) is 1. The smallest absolute Gasteiger partial charge is 0.245 e. The summed E-state index contributed by atoms with van der Waals surface area (Å²) in [5.41, 5.74) is 16.1. The highest BCUT2D eigenvalue weighted by Crippen LogP contribution is 2.34. The first-order valence-corrected chi connectivity index (χ1v) is 8.07. The van der Waals surface area contributed by atoms with Gasteiger partial charge in [0.1, 0.15) is 11.6 Å². The monoisotopic (exact) mass is 338 g/mol. The maximum absolute atomic E-state index is 11.6. The van der Waals surface area contributed by atoms with Crippen LogP contribution in [0.4, 0.5) is 5.82 Å². The van der Waals surface area contributed by atoms with Crippen LogP contribution in [-0.4, -0.2) is 34.0 Å². The van der Waals surface area contributed by atoms with Crippen LogP contribution in [-0.2, 0) is 4.79 Å². The molecule has 6 heteroatoms. The van der Waals surface area contributed by atoms with Crippen LogP contribution in [0.1, 0.15) is 28.3 Å². The Morgan fingerprint density at radius 3 is 2.72 bits per heavy atom. The summed E-state index contributed by atoms with van der Waals surface area (Å²) in [6.45, 7) is 6.77. The number of aromatic hydroxyl groups is 1. The number of aromatic amines is 1. The van der Waals surface area contributed by atoms with E-state index in [9.17, 15) is 9.90 Å². The minimum atomic E-state index is -0.0580. The second kappa shape index (κ2) is 6.39. The van der Waals surface area contributed by atoms with Crippen LogP contribution in [0.25, 0.3) is 11.8 Å². The summed E-state index contributed by atoms with van der Waals surface area (Å²) in [5.74, 6) is 0.817. The number of carbonyl (C=O) groups excluding carboxylic acids is 1. The van der Waals surface area contributed by atoms with Gasteiger partial charge in [0.2, 0.25) is 5.91 Å². The summed E-state index contributed by atoms with van der Waals surface area (Å²) >= 11 is 0. The number of nitrogens with two attached hydrogens (primary N) is 2. The average molecular weight is 338 g/mol. The third-order valence-electron chi connectivity index (χ3n) is 4.66. The number of carbonyl (C=O) groups is 1. The highest BCUT2D eigenvalue weighted by atomic mass is 16.3. The highest BCUT2D eigenvalue weighted by Gasteiger charge is 2.33. The van der Waals surface area contributed by atoms with E-state index in [1.807, 2.05) is 13.0 Å². The number of phenolic OH excluding ortho intramolecular Hbond substituents is 1. The van der Waals surface area contributed by atoms with Crippen molar-refractivity contribution in [1.29, 1.82) is 0 Å². The van der Waals surface area contributed by atoms with Gasteiger partial charge >= 0.3 is 0 Å². The lowest BCUT2D eigenvalue weighted by atomic mass is 9.92. The summed E-state index contributed by atoms with van der Waals surface area (Å²) in [7, 11) is 0.